The average molecular weight is 302 g/mol. The highest BCUT2D eigenvalue weighted by molar-refractivity contribution is 6.07. The van der Waals surface area contributed by atoms with Crippen molar-refractivity contribution in [3.63, 3.8) is 0 Å². The van der Waals surface area contributed by atoms with Crippen LogP contribution in [0.2, 0.25) is 0 Å². The Morgan fingerprint density at radius 3 is 1.95 bits per heavy atom. The monoisotopic (exact) mass is 302 g/mol. The van der Waals surface area contributed by atoms with E-state index in [0.717, 1.165) is 12.1 Å². The Morgan fingerprint density at radius 2 is 1.45 bits per heavy atom. The zero-order valence-corrected chi connectivity index (χ0v) is 11.0. The number of carboxylic acid groups (broad SMARTS) is 2. The third kappa shape index (κ3) is 2.44. The predicted molar refractivity (Wildman–Crippen MR) is 76.9 cm³/mol. The highest BCUT2D eigenvalue weighted by Gasteiger charge is 2.27. The van der Waals surface area contributed by atoms with Gasteiger partial charge in [-0.1, -0.05) is 12.1 Å². The molecule has 0 unspecified atom stereocenters. The number of aromatic carboxylic acids is 2. The summed E-state index contributed by atoms with van der Waals surface area (Å²) in [5, 5.41) is 29.7. The first-order valence-corrected chi connectivity index (χ1v) is 5.97. The lowest BCUT2D eigenvalue weighted by Crippen LogP contribution is -2.08. The van der Waals surface area contributed by atoms with Crippen molar-refractivity contribution in [1.29, 1.82) is 0 Å². The number of anilines is 1. The smallest absolute Gasteiger partial charge is 0.336 e. The van der Waals surface area contributed by atoms with Crippen molar-refractivity contribution in [1.82, 2.24) is 0 Å². The fraction of sp³-hybridized carbons (Fsp3) is 0. The summed E-state index contributed by atoms with van der Waals surface area (Å²) in [7, 11) is 0. The average Bonchev–Trinajstić information content (AvgIpc) is 2.45. The van der Waals surface area contributed by atoms with Crippen molar-refractivity contribution in [3.05, 3.63) is 57.6 Å². The van der Waals surface area contributed by atoms with Gasteiger partial charge < -0.3 is 15.9 Å². The highest BCUT2D eigenvalue weighted by Crippen LogP contribution is 2.39. The lowest BCUT2D eigenvalue weighted by Gasteiger charge is -2.12. The van der Waals surface area contributed by atoms with Gasteiger partial charge in [0.05, 0.1) is 21.6 Å². The predicted octanol–water partition coefficient (Wildman–Crippen LogP) is 2.24. The van der Waals surface area contributed by atoms with Crippen molar-refractivity contribution < 1.29 is 24.7 Å². The number of hydrogen-bond donors (Lipinski definition) is 3. The van der Waals surface area contributed by atoms with Crippen LogP contribution in [0.4, 0.5) is 11.4 Å². The molecule has 0 aromatic heterocycles. The molecule has 112 valence electrons. The lowest BCUT2D eigenvalue weighted by atomic mass is 9.92. The van der Waals surface area contributed by atoms with Gasteiger partial charge in [0.15, 0.2) is 0 Å². The Morgan fingerprint density at radius 1 is 0.955 bits per heavy atom. The number of rotatable bonds is 4. The fourth-order valence-electron chi connectivity index (χ4n) is 2.16. The number of carboxylic acids is 2. The molecule has 2 aromatic rings. The number of carbonyl (C=O) groups is 2. The first-order chi connectivity index (χ1) is 10.3. The minimum Gasteiger partial charge on any atom is -0.478 e. The summed E-state index contributed by atoms with van der Waals surface area (Å²) in [4.78, 5) is 33.1. The molecule has 0 aliphatic heterocycles. The van der Waals surface area contributed by atoms with Crippen LogP contribution in [-0.2, 0) is 0 Å². The molecule has 2 rings (SSSR count). The highest BCUT2D eigenvalue weighted by atomic mass is 16.6. The van der Waals surface area contributed by atoms with Crippen LogP contribution in [0.15, 0.2) is 36.4 Å². The number of hydrogen-bond acceptors (Lipinski definition) is 5. The van der Waals surface area contributed by atoms with Crippen LogP contribution < -0.4 is 5.73 Å². The molecule has 8 nitrogen and oxygen atoms in total. The largest absolute Gasteiger partial charge is 0.478 e. The van der Waals surface area contributed by atoms with Crippen molar-refractivity contribution in [2.45, 2.75) is 0 Å². The van der Waals surface area contributed by atoms with Crippen LogP contribution in [0, 0.1) is 10.1 Å². The van der Waals surface area contributed by atoms with Gasteiger partial charge in [-0.15, -0.1) is 0 Å². The van der Waals surface area contributed by atoms with Crippen LogP contribution in [0.3, 0.4) is 0 Å². The Labute approximate surface area is 123 Å². The van der Waals surface area contributed by atoms with E-state index in [9.17, 15) is 29.9 Å². The van der Waals surface area contributed by atoms with Gasteiger partial charge in [-0.3, -0.25) is 10.1 Å². The van der Waals surface area contributed by atoms with E-state index in [4.69, 9.17) is 5.73 Å². The molecule has 4 N–H and O–H groups in total. The second-order valence-corrected chi connectivity index (χ2v) is 4.34. The van der Waals surface area contributed by atoms with E-state index in [1.54, 1.807) is 0 Å². The number of nitro groups is 1. The van der Waals surface area contributed by atoms with Gasteiger partial charge in [0, 0.05) is 17.3 Å². The van der Waals surface area contributed by atoms with Crippen molar-refractivity contribution in [2.24, 2.45) is 0 Å². The Bertz CT molecular complexity index is 768. The molecule has 8 heteroatoms. The number of nitrogens with zero attached hydrogens (tertiary/aromatic N) is 1. The van der Waals surface area contributed by atoms with E-state index in [2.05, 4.69) is 0 Å². The van der Waals surface area contributed by atoms with Gasteiger partial charge in [-0.2, -0.15) is 0 Å². The van der Waals surface area contributed by atoms with Crippen LogP contribution in [0.25, 0.3) is 11.1 Å². The summed E-state index contributed by atoms with van der Waals surface area (Å²) in [5.41, 5.74) is 3.96. The first kappa shape index (κ1) is 15.0. The maximum Gasteiger partial charge on any atom is 0.336 e. The van der Waals surface area contributed by atoms with E-state index in [1.165, 1.54) is 24.3 Å². The van der Waals surface area contributed by atoms with Crippen LogP contribution in [0.5, 0.6) is 0 Å². The molecule has 0 saturated carbocycles. The molecule has 0 radical (unpaired) electrons. The third-order valence-corrected chi connectivity index (χ3v) is 3.05. The molecule has 0 spiro atoms. The molecule has 0 amide bonds. The van der Waals surface area contributed by atoms with Gasteiger partial charge >= 0.3 is 11.9 Å². The number of nitrogen functional groups attached to an aromatic ring is 1. The van der Waals surface area contributed by atoms with E-state index >= 15 is 0 Å². The summed E-state index contributed by atoms with van der Waals surface area (Å²) in [5.74, 6) is -2.78. The number of nitrogens with two attached hydrogens (primary N) is 1. The molecule has 0 aliphatic carbocycles. The van der Waals surface area contributed by atoms with Gasteiger partial charge in [0.25, 0.3) is 5.69 Å². The molecule has 22 heavy (non-hydrogen) atoms. The maximum atomic E-state index is 11.4. The van der Waals surface area contributed by atoms with E-state index < -0.39 is 28.1 Å². The second kappa shape index (κ2) is 5.52. The minimum atomic E-state index is -1.42. The maximum absolute atomic E-state index is 11.4. The third-order valence-electron chi connectivity index (χ3n) is 3.05. The topological polar surface area (TPSA) is 144 Å². The van der Waals surface area contributed by atoms with Gasteiger partial charge in [0.2, 0.25) is 0 Å². The molecular formula is C14H10N2O6. The van der Waals surface area contributed by atoms with Gasteiger partial charge in [0.1, 0.15) is 0 Å². The summed E-state index contributed by atoms with van der Waals surface area (Å²) in [6.07, 6.45) is 0. The van der Waals surface area contributed by atoms with Gasteiger partial charge in [-0.05, 0) is 18.2 Å². The van der Waals surface area contributed by atoms with Crippen LogP contribution in [-0.4, -0.2) is 27.1 Å². The molecule has 2 aromatic carbocycles. The Balaban J connectivity index is 2.97. The standard InChI is InChI=1S/C14H10N2O6/c15-9-5-1-3-7(13(17)18)11(9)12-8(14(19)20)4-2-6-10(12)16(21)22/h1-6H,15H2,(H,17,18)(H,19,20). The Kier molecular flexibility index (Phi) is 3.76. The van der Waals surface area contributed by atoms with E-state index in [1.807, 2.05) is 0 Å². The van der Waals surface area contributed by atoms with E-state index in [0.29, 0.717) is 0 Å². The lowest BCUT2D eigenvalue weighted by molar-refractivity contribution is -0.384. The van der Waals surface area contributed by atoms with Crippen molar-refractivity contribution in [2.75, 3.05) is 5.73 Å². The quantitative estimate of drug-likeness (QED) is 0.446. The summed E-state index contributed by atoms with van der Waals surface area (Å²) < 4.78 is 0. The molecule has 0 atom stereocenters. The van der Waals surface area contributed by atoms with Crippen LogP contribution >= 0.6 is 0 Å². The second-order valence-electron chi connectivity index (χ2n) is 4.34. The zero-order chi connectivity index (χ0) is 16.4. The SMILES string of the molecule is Nc1cccc(C(=O)O)c1-c1c(C(=O)O)cccc1[N+](=O)[O-]. The number of benzene rings is 2. The van der Waals surface area contributed by atoms with E-state index in [-0.39, 0.29) is 22.4 Å². The first-order valence-electron chi connectivity index (χ1n) is 5.97. The molecule has 0 fully saturated rings. The normalized spacial score (nSPS) is 10.2. The number of nitro benzene ring substituents is 1. The fourth-order valence-corrected chi connectivity index (χ4v) is 2.16. The molecule has 0 heterocycles. The molecular weight excluding hydrogens is 292 g/mol. The van der Waals surface area contributed by atoms with Crippen molar-refractivity contribution in [3.8, 4) is 11.1 Å². The summed E-state index contributed by atoms with van der Waals surface area (Å²) in [6.45, 7) is 0. The summed E-state index contributed by atoms with van der Waals surface area (Å²) in [6, 6.07) is 7.39. The molecule has 0 saturated heterocycles. The zero-order valence-electron chi connectivity index (χ0n) is 11.0. The molecule has 0 bridgehead atoms. The van der Waals surface area contributed by atoms with Crippen LogP contribution in [0.1, 0.15) is 20.7 Å². The summed E-state index contributed by atoms with van der Waals surface area (Å²) >= 11 is 0. The van der Waals surface area contributed by atoms with Crippen molar-refractivity contribution >= 4 is 23.3 Å². The minimum absolute atomic E-state index is 0.0586. The van der Waals surface area contributed by atoms with Gasteiger partial charge in [-0.25, -0.2) is 9.59 Å². The Hall–Kier alpha value is -3.42. The molecule has 0 aliphatic rings.